The van der Waals surface area contributed by atoms with Gasteiger partial charge in [-0.15, -0.1) is 0 Å². The first-order chi connectivity index (χ1) is 8.37. The highest BCUT2D eigenvalue weighted by atomic mass is 16.6. The second-order valence-corrected chi connectivity index (χ2v) is 4.72. The summed E-state index contributed by atoms with van der Waals surface area (Å²) in [6.45, 7) is 2.41. The van der Waals surface area contributed by atoms with Crippen LogP contribution in [0.5, 0.6) is 0 Å². The van der Waals surface area contributed by atoms with Crippen LogP contribution < -0.4 is 0 Å². The number of β-amino-alcohol motifs (C(OH)–C–C–N with tert-alkyl or cyclic N) is 1. The third-order valence-corrected chi connectivity index (χ3v) is 2.93. The summed E-state index contributed by atoms with van der Waals surface area (Å²) in [6, 6.07) is 0. The normalized spacial score (nSPS) is 23.3. The average Bonchev–Trinajstić information content (AvgIpc) is 2.84. The molecular weight excluding hydrogens is 240 g/mol. The van der Waals surface area contributed by atoms with E-state index in [2.05, 4.69) is 5.10 Å². The van der Waals surface area contributed by atoms with Crippen LogP contribution in [0.1, 0.15) is 13.3 Å². The van der Waals surface area contributed by atoms with Crippen molar-refractivity contribution >= 4 is 11.6 Å². The highest BCUT2D eigenvalue weighted by Crippen LogP contribution is 2.20. The minimum absolute atomic E-state index is 0.0517. The summed E-state index contributed by atoms with van der Waals surface area (Å²) in [4.78, 5) is 23.3. The van der Waals surface area contributed by atoms with Crippen LogP contribution >= 0.6 is 0 Å². The zero-order chi connectivity index (χ0) is 13.3. The van der Waals surface area contributed by atoms with Crippen LogP contribution in [0.25, 0.3) is 0 Å². The van der Waals surface area contributed by atoms with E-state index in [1.807, 2.05) is 0 Å². The molecule has 1 unspecified atom stereocenters. The molecular formula is C10H14N4O4. The summed E-state index contributed by atoms with van der Waals surface area (Å²) < 4.78 is 1.23. The first-order valence-corrected chi connectivity index (χ1v) is 5.54. The predicted octanol–water partition coefficient (Wildman–Crippen LogP) is -0.225. The lowest BCUT2D eigenvalue weighted by atomic mass is 10.1. The van der Waals surface area contributed by atoms with E-state index >= 15 is 0 Å². The Hall–Kier alpha value is -1.96. The Morgan fingerprint density at radius 2 is 2.44 bits per heavy atom. The number of likely N-dealkylation sites (tertiary alicyclic amines) is 1. The molecule has 8 heteroatoms. The number of nitro groups is 1. The Morgan fingerprint density at radius 1 is 1.72 bits per heavy atom. The number of hydrogen-bond donors (Lipinski definition) is 1. The average molecular weight is 254 g/mol. The van der Waals surface area contributed by atoms with Gasteiger partial charge in [0.2, 0.25) is 5.91 Å². The second-order valence-electron chi connectivity index (χ2n) is 4.72. The Morgan fingerprint density at radius 3 is 2.94 bits per heavy atom. The number of nitrogens with zero attached hydrogens (tertiary/aromatic N) is 4. The SMILES string of the molecule is CC1(O)CCN(C(=O)Cn2cc([N+](=O)[O-])cn2)C1. The van der Waals surface area contributed by atoms with Gasteiger partial charge in [0.25, 0.3) is 0 Å². The molecule has 2 rings (SSSR count). The van der Waals surface area contributed by atoms with Crippen molar-refractivity contribution in [3.8, 4) is 0 Å². The molecule has 1 saturated heterocycles. The maximum Gasteiger partial charge on any atom is 0.307 e. The first-order valence-electron chi connectivity index (χ1n) is 5.54. The molecule has 18 heavy (non-hydrogen) atoms. The van der Waals surface area contributed by atoms with Crippen molar-refractivity contribution in [2.24, 2.45) is 0 Å². The zero-order valence-corrected chi connectivity index (χ0v) is 9.94. The molecule has 1 fully saturated rings. The number of amides is 1. The smallest absolute Gasteiger partial charge is 0.307 e. The number of rotatable bonds is 3. The maximum atomic E-state index is 11.9. The lowest BCUT2D eigenvalue weighted by Crippen LogP contribution is -2.35. The van der Waals surface area contributed by atoms with Crippen molar-refractivity contribution in [2.45, 2.75) is 25.5 Å². The van der Waals surface area contributed by atoms with Crippen LogP contribution in [0.4, 0.5) is 5.69 Å². The molecule has 1 aromatic heterocycles. The van der Waals surface area contributed by atoms with Gasteiger partial charge in [0, 0.05) is 13.1 Å². The molecule has 0 spiro atoms. The Kier molecular flexibility index (Phi) is 3.04. The van der Waals surface area contributed by atoms with Gasteiger partial charge >= 0.3 is 5.69 Å². The van der Waals surface area contributed by atoms with Crippen molar-refractivity contribution in [1.29, 1.82) is 0 Å². The summed E-state index contributed by atoms with van der Waals surface area (Å²) >= 11 is 0. The predicted molar refractivity (Wildman–Crippen MR) is 60.7 cm³/mol. The van der Waals surface area contributed by atoms with Crippen LogP contribution in [-0.4, -0.2) is 49.3 Å². The van der Waals surface area contributed by atoms with Gasteiger partial charge in [-0.25, -0.2) is 0 Å². The topological polar surface area (TPSA) is 102 Å². The van der Waals surface area contributed by atoms with Crippen LogP contribution in [-0.2, 0) is 11.3 Å². The molecule has 1 amide bonds. The van der Waals surface area contributed by atoms with Gasteiger partial charge < -0.3 is 10.0 Å². The van der Waals surface area contributed by atoms with E-state index in [9.17, 15) is 20.0 Å². The summed E-state index contributed by atoms with van der Waals surface area (Å²) in [5.74, 6) is -0.203. The van der Waals surface area contributed by atoms with Crippen LogP contribution in [0.3, 0.4) is 0 Å². The molecule has 98 valence electrons. The molecule has 0 aromatic carbocycles. The standard InChI is InChI=1S/C10H14N4O4/c1-10(16)2-3-12(7-10)9(15)6-13-5-8(4-11-13)14(17)18/h4-5,16H,2-3,6-7H2,1H3. The molecule has 0 aliphatic carbocycles. The minimum atomic E-state index is -0.841. The van der Waals surface area contributed by atoms with Gasteiger partial charge in [-0.3, -0.25) is 19.6 Å². The van der Waals surface area contributed by atoms with Crippen LogP contribution in [0.15, 0.2) is 12.4 Å². The highest BCUT2D eigenvalue weighted by Gasteiger charge is 2.33. The van der Waals surface area contributed by atoms with Crippen molar-refractivity contribution in [3.05, 3.63) is 22.5 Å². The van der Waals surface area contributed by atoms with Gasteiger partial charge in [-0.1, -0.05) is 0 Å². The number of aliphatic hydroxyl groups is 1. The minimum Gasteiger partial charge on any atom is -0.388 e. The van der Waals surface area contributed by atoms with Gasteiger partial charge in [0.1, 0.15) is 18.9 Å². The molecule has 8 nitrogen and oxygen atoms in total. The maximum absolute atomic E-state index is 11.9. The first kappa shape index (κ1) is 12.5. The van der Waals surface area contributed by atoms with E-state index < -0.39 is 10.5 Å². The molecule has 0 bridgehead atoms. The molecule has 0 saturated carbocycles. The van der Waals surface area contributed by atoms with Gasteiger partial charge in [0.05, 0.1) is 10.5 Å². The summed E-state index contributed by atoms with van der Waals surface area (Å²) in [7, 11) is 0. The lowest BCUT2D eigenvalue weighted by molar-refractivity contribution is -0.385. The quantitative estimate of drug-likeness (QED) is 0.593. The van der Waals surface area contributed by atoms with Crippen LogP contribution in [0.2, 0.25) is 0 Å². The van der Waals surface area contributed by atoms with E-state index in [0.29, 0.717) is 13.0 Å². The van der Waals surface area contributed by atoms with E-state index in [4.69, 9.17) is 0 Å². The van der Waals surface area contributed by atoms with E-state index in [1.165, 1.54) is 15.8 Å². The fourth-order valence-electron chi connectivity index (χ4n) is 1.93. The third-order valence-electron chi connectivity index (χ3n) is 2.93. The summed E-state index contributed by atoms with van der Waals surface area (Å²) in [5.41, 5.74) is -0.984. The highest BCUT2D eigenvalue weighted by molar-refractivity contribution is 5.76. The van der Waals surface area contributed by atoms with Gasteiger partial charge in [0.15, 0.2) is 0 Å². The molecule has 1 aromatic rings. The molecule has 1 aliphatic rings. The largest absolute Gasteiger partial charge is 0.388 e. The van der Waals surface area contributed by atoms with E-state index in [-0.39, 0.29) is 24.7 Å². The molecule has 1 aliphatic heterocycles. The van der Waals surface area contributed by atoms with Crippen molar-refractivity contribution in [3.63, 3.8) is 0 Å². The monoisotopic (exact) mass is 254 g/mol. The fourth-order valence-corrected chi connectivity index (χ4v) is 1.93. The Balaban J connectivity index is 1.97. The second kappa shape index (κ2) is 4.37. The molecule has 2 heterocycles. The van der Waals surface area contributed by atoms with E-state index in [1.54, 1.807) is 6.92 Å². The molecule has 1 atom stereocenters. The lowest BCUT2D eigenvalue weighted by Gasteiger charge is -2.18. The number of carbonyl (C=O) groups excluding carboxylic acids is 1. The van der Waals surface area contributed by atoms with Crippen LogP contribution in [0, 0.1) is 10.1 Å². The Bertz CT molecular complexity index is 482. The van der Waals surface area contributed by atoms with E-state index in [0.717, 1.165) is 6.20 Å². The van der Waals surface area contributed by atoms with Crippen molar-refractivity contribution in [1.82, 2.24) is 14.7 Å². The Labute approximate surface area is 103 Å². The third kappa shape index (κ3) is 2.65. The van der Waals surface area contributed by atoms with Crippen molar-refractivity contribution in [2.75, 3.05) is 13.1 Å². The zero-order valence-electron chi connectivity index (χ0n) is 9.94. The van der Waals surface area contributed by atoms with Gasteiger partial charge in [-0.2, -0.15) is 5.10 Å². The van der Waals surface area contributed by atoms with Crippen molar-refractivity contribution < 1.29 is 14.8 Å². The summed E-state index contributed by atoms with van der Waals surface area (Å²) in [5, 5.41) is 24.0. The number of carbonyl (C=O) groups is 1. The molecule has 0 radical (unpaired) electrons. The summed E-state index contributed by atoms with van der Waals surface area (Å²) in [6.07, 6.45) is 2.86. The van der Waals surface area contributed by atoms with Gasteiger partial charge in [-0.05, 0) is 13.3 Å². The molecule has 1 N–H and O–H groups in total. The number of hydrogen-bond acceptors (Lipinski definition) is 5. The number of aromatic nitrogens is 2. The fraction of sp³-hybridized carbons (Fsp3) is 0.600.